The number of rotatable bonds is 7. The van der Waals surface area contributed by atoms with Crippen LogP contribution >= 0.6 is 0 Å². The molecule has 0 aliphatic carbocycles. The van der Waals surface area contributed by atoms with E-state index in [9.17, 15) is 0 Å². The molecule has 0 heterocycles. The van der Waals surface area contributed by atoms with E-state index >= 15 is 0 Å². The average molecular weight is 173 g/mol. The van der Waals surface area contributed by atoms with Crippen LogP contribution in [0.4, 0.5) is 0 Å². The van der Waals surface area contributed by atoms with Crippen molar-refractivity contribution < 1.29 is 4.74 Å². The molecule has 0 saturated carbocycles. The van der Waals surface area contributed by atoms with Crippen LogP contribution in [-0.2, 0) is 4.74 Å². The molecule has 0 bridgehead atoms. The van der Waals surface area contributed by atoms with E-state index in [1.807, 2.05) is 7.11 Å². The number of hydrogen-bond acceptors (Lipinski definition) is 2. The maximum atomic E-state index is 5.38. The lowest BCUT2D eigenvalue weighted by molar-refractivity contribution is 0.0652. The van der Waals surface area contributed by atoms with Crippen LogP contribution in [0.15, 0.2) is 0 Å². The monoisotopic (exact) mass is 173 g/mol. The second-order valence-electron chi connectivity index (χ2n) is 3.35. The zero-order chi connectivity index (χ0) is 9.40. The van der Waals surface area contributed by atoms with Crippen LogP contribution < -0.4 is 0 Å². The third-order valence-corrected chi connectivity index (χ3v) is 2.27. The number of hydrogen-bond donors (Lipinski definition) is 0. The Labute approximate surface area is 76.9 Å². The first-order chi connectivity index (χ1) is 5.74. The van der Waals surface area contributed by atoms with Crippen molar-refractivity contribution in [2.75, 3.05) is 27.2 Å². The van der Waals surface area contributed by atoms with Crippen LogP contribution in [0.2, 0.25) is 0 Å². The molecule has 0 spiro atoms. The molecule has 0 aliphatic heterocycles. The molecule has 0 fully saturated rings. The summed E-state index contributed by atoms with van der Waals surface area (Å²) in [4.78, 5) is 2.30. The van der Waals surface area contributed by atoms with Crippen molar-refractivity contribution in [3.05, 3.63) is 0 Å². The summed E-state index contributed by atoms with van der Waals surface area (Å²) in [6.07, 6.45) is 4.15. The standard InChI is InChI=1S/C10H23NO/c1-5-7-8-10(12-4)9-11(3)6-2/h10H,5-9H2,1-4H3. The van der Waals surface area contributed by atoms with Crippen LogP contribution in [0, 0.1) is 0 Å². The fourth-order valence-electron chi connectivity index (χ4n) is 1.19. The predicted molar refractivity (Wildman–Crippen MR) is 53.5 cm³/mol. The van der Waals surface area contributed by atoms with Crippen molar-refractivity contribution >= 4 is 0 Å². The smallest absolute Gasteiger partial charge is 0.0698 e. The number of likely N-dealkylation sites (N-methyl/N-ethyl adjacent to an activating group) is 1. The Kier molecular flexibility index (Phi) is 7.51. The van der Waals surface area contributed by atoms with Crippen LogP contribution in [0.1, 0.15) is 33.1 Å². The molecule has 12 heavy (non-hydrogen) atoms. The molecule has 0 aromatic rings. The van der Waals surface area contributed by atoms with E-state index in [2.05, 4.69) is 25.8 Å². The molecule has 0 aromatic carbocycles. The van der Waals surface area contributed by atoms with Gasteiger partial charge in [-0.2, -0.15) is 0 Å². The fraction of sp³-hybridized carbons (Fsp3) is 1.00. The Morgan fingerprint density at radius 2 is 2.00 bits per heavy atom. The molecule has 0 amide bonds. The van der Waals surface area contributed by atoms with Crippen LogP contribution in [0.3, 0.4) is 0 Å². The minimum absolute atomic E-state index is 0.426. The number of ether oxygens (including phenoxy) is 1. The molecule has 0 radical (unpaired) electrons. The summed E-state index contributed by atoms with van der Waals surface area (Å²) in [7, 11) is 3.95. The molecular formula is C10H23NO. The van der Waals surface area contributed by atoms with Crippen molar-refractivity contribution in [2.24, 2.45) is 0 Å². The molecule has 1 atom stereocenters. The zero-order valence-corrected chi connectivity index (χ0v) is 8.97. The van der Waals surface area contributed by atoms with Crippen LogP contribution in [0.5, 0.6) is 0 Å². The largest absolute Gasteiger partial charge is 0.380 e. The van der Waals surface area contributed by atoms with Gasteiger partial charge in [0.1, 0.15) is 0 Å². The molecule has 0 aliphatic rings. The molecule has 2 heteroatoms. The lowest BCUT2D eigenvalue weighted by Gasteiger charge is -2.21. The van der Waals surface area contributed by atoms with E-state index in [4.69, 9.17) is 4.74 Å². The summed E-state index contributed by atoms with van der Waals surface area (Å²) >= 11 is 0. The summed E-state index contributed by atoms with van der Waals surface area (Å²) in [5, 5.41) is 0. The SMILES string of the molecule is CCCCC(CN(C)CC)OC. The van der Waals surface area contributed by atoms with Crippen molar-refractivity contribution in [3.63, 3.8) is 0 Å². The molecule has 74 valence electrons. The first kappa shape index (κ1) is 11.9. The third kappa shape index (κ3) is 5.56. The molecule has 1 unspecified atom stereocenters. The fourth-order valence-corrected chi connectivity index (χ4v) is 1.19. The van der Waals surface area contributed by atoms with Crippen molar-refractivity contribution in [1.82, 2.24) is 4.90 Å². The number of unbranched alkanes of at least 4 members (excludes halogenated alkanes) is 1. The van der Waals surface area contributed by atoms with Gasteiger partial charge in [0.25, 0.3) is 0 Å². The highest BCUT2D eigenvalue weighted by atomic mass is 16.5. The van der Waals surface area contributed by atoms with Gasteiger partial charge in [0, 0.05) is 13.7 Å². The van der Waals surface area contributed by atoms with E-state index < -0.39 is 0 Å². The Bertz CT molecular complexity index is 95.8. The van der Waals surface area contributed by atoms with E-state index in [1.54, 1.807) is 0 Å². The third-order valence-electron chi connectivity index (χ3n) is 2.27. The lowest BCUT2D eigenvalue weighted by atomic mass is 10.1. The summed E-state index contributed by atoms with van der Waals surface area (Å²) in [5.41, 5.74) is 0. The van der Waals surface area contributed by atoms with Gasteiger partial charge in [-0.15, -0.1) is 0 Å². The Balaban J connectivity index is 3.51. The number of nitrogens with zero attached hydrogens (tertiary/aromatic N) is 1. The molecule has 2 nitrogen and oxygen atoms in total. The van der Waals surface area contributed by atoms with Gasteiger partial charge in [0.05, 0.1) is 6.10 Å². The second kappa shape index (κ2) is 7.56. The highest BCUT2D eigenvalue weighted by Gasteiger charge is 2.08. The minimum atomic E-state index is 0.426. The van der Waals surface area contributed by atoms with Crippen LogP contribution in [0.25, 0.3) is 0 Å². The lowest BCUT2D eigenvalue weighted by Crippen LogP contribution is -2.30. The van der Waals surface area contributed by atoms with Gasteiger partial charge < -0.3 is 9.64 Å². The first-order valence-electron chi connectivity index (χ1n) is 4.95. The number of methoxy groups -OCH3 is 1. The van der Waals surface area contributed by atoms with Crippen molar-refractivity contribution in [2.45, 2.75) is 39.2 Å². The van der Waals surface area contributed by atoms with Gasteiger partial charge in [-0.25, -0.2) is 0 Å². The van der Waals surface area contributed by atoms with Crippen molar-refractivity contribution in [3.8, 4) is 0 Å². The van der Waals surface area contributed by atoms with Gasteiger partial charge in [0.2, 0.25) is 0 Å². The maximum absolute atomic E-state index is 5.38. The predicted octanol–water partition coefficient (Wildman–Crippen LogP) is 2.14. The summed E-state index contributed by atoms with van der Waals surface area (Å²) in [5.74, 6) is 0. The second-order valence-corrected chi connectivity index (χ2v) is 3.35. The summed E-state index contributed by atoms with van der Waals surface area (Å²) < 4.78 is 5.38. The molecular weight excluding hydrogens is 150 g/mol. The first-order valence-corrected chi connectivity index (χ1v) is 4.95. The van der Waals surface area contributed by atoms with Crippen molar-refractivity contribution in [1.29, 1.82) is 0 Å². The highest BCUT2D eigenvalue weighted by Crippen LogP contribution is 2.04. The molecule has 0 N–H and O–H groups in total. The van der Waals surface area contributed by atoms with E-state index in [1.165, 1.54) is 19.3 Å². The van der Waals surface area contributed by atoms with Gasteiger partial charge in [-0.1, -0.05) is 26.7 Å². The van der Waals surface area contributed by atoms with Gasteiger partial charge >= 0.3 is 0 Å². The zero-order valence-electron chi connectivity index (χ0n) is 8.97. The van der Waals surface area contributed by atoms with Crippen LogP contribution in [-0.4, -0.2) is 38.3 Å². The Hall–Kier alpha value is -0.0800. The molecule has 0 saturated heterocycles. The van der Waals surface area contributed by atoms with E-state index in [-0.39, 0.29) is 0 Å². The van der Waals surface area contributed by atoms with E-state index in [0.717, 1.165) is 13.1 Å². The summed E-state index contributed by atoms with van der Waals surface area (Å²) in [6, 6.07) is 0. The minimum Gasteiger partial charge on any atom is -0.380 e. The normalized spacial score (nSPS) is 13.8. The summed E-state index contributed by atoms with van der Waals surface area (Å²) in [6.45, 7) is 6.56. The van der Waals surface area contributed by atoms with Gasteiger partial charge in [0.15, 0.2) is 0 Å². The average Bonchev–Trinajstić information content (AvgIpc) is 2.11. The topological polar surface area (TPSA) is 12.5 Å². The Morgan fingerprint density at radius 3 is 2.42 bits per heavy atom. The molecule has 0 rings (SSSR count). The van der Waals surface area contributed by atoms with Gasteiger partial charge in [-0.3, -0.25) is 0 Å². The Morgan fingerprint density at radius 1 is 1.33 bits per heavy atom. The van der Waals surface area contributed by atoms with E-state index in [0.29, 0.717) is 6.10 Å². The highest BCUT2D eigenvalue weighted by molar-refractivity contribution is 4.61. The molecule has 0 aromatic heterocycles. The van der Waals surface area contributed by atoms with Gasteiger partial charge in [-0.05, 0) is 20.0 Å². The maximum Gasteiger partial charge on any atom is 0.0698 e. The quantitative estimate of drug-likeness (QED) is 0.585.